The lowest BCUT2D eigenvalue weighted by Crippen LogP contribution is -2.43. The van der Waals surface area contributed by atoms with Gasteiger partial charge in [0.15, 0.2) is 0 Å². The molecule has 1 unspecified atom stereocenters. The van der Waals surface area contributed by atoms with E-state index in [4.69, 9.17) is 4.74 Å². The van der Waals surface area contributed by atoms with E-state index in [0.717, 1.165) is 13.0 Å². The number of ether oxygens (including phenoxy) is 1. The average molecular weight is 292 g/mol. The Hall–Kier alpha value is -1.55. The maximum absolute atomic E-state index is 12.0. The van der Waals surface area contributed by atoms with E-state index in [-0.39, 0.29) is 18.1 Å². The van der Waals surface area contributed by atoms with Gasteiger partial charge in [-0.25, -0.2) is 0 Å². The van der Waals surface area contributed by atoms with Crippen molar-refractivity contribution in [2.24, 2.45) is 0 Å². The van der Waals surface area contributed by atoms with Gasteiger partial charge in [0.2, 0.25) is 0 Å². The summed E-state index contributed by atoms with van der Waals surface area (Å²) in [5.41, 5.74) is 2.41. The largest absolute Gasteiger partial charge is 0.465 e. The molecule has 4 heteroatoms. The summed E-state index contributed by atoms with van der Waals surface area (Å²) < 4.78 is 5.14. The van der Waals surface area contributed by atoms with E-state index < -0.39 is 0 Å². The summed E-state index contributed by atoms with van der Waals surface area (Å²) in [4.78, 5) is 14.1. The molecule has 0 fully saturated rings. The maximum atomic E-state index is 12.0. The molecule has 0 aliphatic carbocycles. The summed E-state index contributed by atoms with van der Waals surface area (Å²) in [5, 5.41) is 3.28. The lowest BCUT2D eigenvalue weighted by Gasteiger charge is -2.24. The summed E-state index contributed by atoms with van der Waals surface area (Å²) in [7, 11) is 2.05. The zero-order valence-corrected chi connectivity index (χ0v) is 13.8. The predicted molar refractivity (Wildman–Crippen MR) is 87.8 cm³/mol. The van der Waals surface area contributed by atoms with Crippen LogP contribution in [0.3, 0.4) is 0 Å². The topological polar surface area (TPSA) is 41.6 Å². The van der Waals surface area contributed by atoms with Crippen molar-refractivity contribution in [3.8, 4) is 0 Å². The van der Waals surface area contributed by atoms with E-state index in [1.165, 1.54) is 11.3 Å². The third-order valence-electron chi connectivity index (χ3n) is 3.30. The van der Waals surface area contributed by atoms with Crippen LogP contribution in [0.25, 0.3) is 0 Å². The molecule has 0 aromatic heterocycles. The fraction of sp³-hybridized carbons (Fsp3) is 0.588. The molecule has 21 heavy (non-hydrogen) atoms. The highest BCUT2D eigenvalue weighted by Gasteiger charge is 2.20. The number of rotatable bonds is 8. The smallest absolute Gasteiger partial charge is 0.323 e. The SMILES string of the molecule is CCOC(=O)C(CCN(C)c1cccc(C)c1)NC(C)C. The zero-order valence-electron chi connectivity index (χ0n) is 13.8. The van der Waals surface area contributed by atoms with Gasteiger partial charge in [-0.15, -0.1) is 0 Å². The first-order valence-corrected chi connectivity index (χ1v) is 7.64. The summed E-state index contributed by atoms with van der Waals surface area (Å²) in [6.45, 7) is 9.21. The van der Waals surface area contributed by atoms with Gasteiger partial charge in [-0.05, 0) is 38.0 Å². The Kier molecular flexibility index (Phi) is 7.23. The number of nitrogens with zero attached hydrogens (tertiary/aromatic N) is 1. The highest BCUT2D eigenvalue weighted by atomic mass is 16.5. The minimum Gasteiger partial charge on any atom is -0.465 e. The van der Waals surface area contributed by atoms with Crippen LogP contribution < -0.4 is 10.2 Å². The molecule has 1 rings (SSSR count). The van der Waals surface area contributed by atoms with Crippen molar-refractivity contribution in [2.75, 3.05) is 25.1 Å². The first-order valence-electron chi connectivity index (χ1n) is 7.64. The third kappa shape index (κ3) is 6.17. The van der Waals surface area contributed by atoms with Crippen molar-refractivity contribution < 1.29 is 9.53 Å². The monoisotopic (exact) mass is 292 g/mol. The summed E-state index contributed by atoms with van der Waals surface area (Å²) in [6.07, 6.45) is 0.724. The highest BCUT2D eigenvalue weighted by Crippen LogP contribution is 2.15. The number of hydrogen-bond donors (Lipinski definition) is 1. The molecule has 0 heterocycles. The standard InChI is InChI=1S/C17H28N2O2/c1-6-21-17(20)16(18-13(2)3)10-11-19(5)15-9-7-8-14(4)12-15/h7-9,12-13,16,18H,6,10-11H2,1-5H3. The van der Waals surface area contributed by atoms with E-state index in [1.54, 1.807) is 0 Å². The van der Waals surface area contributed by atoms with Crippen molar-refractivity contribution >= 4 is 11.7 Å². The molecule has 0 aliphatic heterocycles. The number of aryl methyl sites for hydroxylation is 1. The van der Waals surface area contributed by atoms with Gasteiger partial charge in [-0.1, -0.05) is 26.0 Å². The summed E-state index contributed by atoms with van der Waals surface area (Å²) in [6, 6.07) is 8.37. The van der Waals surface area contributed by atoms with Gasteiger partial charge in [-0.3, -0.25) is 4.79 Å². The Morgan fingerprint density at radius 1 is 1.38 bits per heavy atom. The van der Waals surface area contributed by atoms with Crippen LogP contribution in [0.5, 0.6) is 0 Å². The first-order chi connectivity index (χ1) is 9.93. The molecular formula is C17H28N2O2. The lowest BCUT2D eigenvalue weighted by atomic mass is 10.1. The quantitative estimate of drug-likeness (QED) is 0.748. The van der Waals surface area contributed by atoms with Crippen LogP contribution >= 0.6 is 0 Å². The molecule has 0 radical (unpaired) electrons. The second kappa shape index (κ2) is 8.67. The van der Waals surface area contributed by atoms with Crippen molar-refractivity contribution in [3.05, 3.63) is 29.8 Å². The van der Waals surface area contributed by atoms with Crippen LogP contribution in [0.2, 0.25) is 0 Å². The van der Waals surface area contributed by atoms with E-state index >= 15 is 0 Å². The number of hydrogen-bond acceptors (Lipinski definition) is 4. The van der Waals surface area contributed by atoms with Crippen LogP contribution in [-0.4, -0.2) is 38.3 Å². The molecule has 1 N–H and O–H groups in total. The van der Waals surface area contributed by atoms with E-state index in [0.29, 0.717) is 6.61 Å². The van der Waals surface area contributed by atoms with Crippen molar-refractivity contribution in [3.63, 3.8) is 0 Å². The summed E-state index contributed by atoms with van der Waals surface area (Å²) >= 11 is 0. The second-order valence-corrected chi connectivity index (χ2v) is 5.68. The van der Waals surface area contributed by atoms with Gasteiger partial charge < -0.3 is 15.0 Å². The molecular weight excluding hydrogens is 264 g/mol. The van der Waals surface area contributed by atoms with Gasteiger partial charge in [0.25, 0.3) is 0 Å². The Morgan fingerprint density at radius 2 is 2.10 bits per heavy atom. The molecule has 0 aliphatic rings. The van der Waals surface area contributed by atoms with Crippen LogP contribution in [0.15, 0.2) is 24.3 Å². The normalized spacial score (nSPS) is 12.3. The summed E-state index contributed by atoms with van der Waals surface area (Å²) in [5.74, 6) is -0.163. The maximum Gasteiger partial charge on any atom is 0.323 e. The molecule has 0 bridgehead atoms. The number of carbonyl (C=O) groups excluding carboxylic acids is 1. The van der Waals surface area contributed by atoms with E-state index in [1.807, 2.05) is 27.8 Å². The van der Waals surface area contributed by atoms with E-state index in [2.05, 4.69) is 41.4 Å². The zero-order chi connectivity index (χ0) is 15.8. The van der Waals surface area contributed by atoms with Gasteiger partial charge in [0.05, 0.1) is 6.61 Å². The van der Waals surface area contributed by atoms with Crippen LogP contribution in [0.4, 0.5) is 5.69 Å². The molecule has 1 aromatic rings. The van der Waals surface area contributed by atoms with Crippen molar-refractivity contribution in [1.29, 1.82) is 0 Å². The molecule has 118 valence electrons. The molecule has 0 spiro atoms. The Morgan fingerprint density at radius 3 is 2.67 bits per heavy atom. The minimum atomic E-state index is -0.253. The Bertz CT molecular complexity index is 446. The van der Waals surface area contributed by atoms with Gasteiger partial charge in [0, 0.05) is 25.3 Å². The average Bonchev–Trinajstić information content (AvgIpc) is 2.42. The van der Waals surface area contributed by atoms with Gasteiger partial charge in [-0.2, -0.15) is 0 Å². The molecule has 0 saturated carbocycles. The fourth-order valence-corrected chi connectivity index (χ4v) is 2.23. The van der Waals surface area contributed by atoms with Crippen LogP contribution in [0, 0.1) is 6.92 Å². The molecule has 0 saturated heterocycles. The predicted octanol–water partition coefficient (Wildman–Crippen LogP) is 2.75. The molecule has 4 nitrogen and oxygen atoms in total. The molecule has 0 amide bonds. The first kappa shape index (κ1) is 17.5. The number of carbonyl (C=O) groups is 1. The molecule has 1 aromatic carbocycles. The van der Waals surface area contributed by atoms with Crippen molar-refractivity contribution in [2.45, 2.75) is 46.2 Å². The number of benzene rings is 1. The highest BCUT2D eigenvalue weighted by molar-refractivity contribution is 5.75. The van der Waals surface area contributed by atoms with E-state index in [9.17, 15) is 4.79 Å². The van der Waals surface area contributed by atoms with Crippen LogP contribution in [-0.2, 0) is 9.53 Å². The number of esters is 1. The second-order valence-electron chi connectivity index (χ2n) is 5.68. The van der Waals surface area contributed by atoms with Crippen LogP contribution in [0.1, 0.15) is 32.8 Å². The fourth-order valence-electron chi connectivity index (χ4n) is 2.23. The van der Waals surface area contributed by atoms with Gasteiger partial charge in [0.1, 0.15) is 6.04 Å². The Balaban J connectivity index is 2.61. The lowest BCUT2D eigenvalue weighted by molar-refractivity contribution is -0.146. The molecule has 1 atom stereocenters. The van der Waals surface area contributed by atoms with Crippen molar-refractivity contribution in [1.82, 2.24) is 5.32 Å². The number of nitrogens with one attached hydrogen (secondary N) is 1. The third-order valence-corrected chi connectivity index (χ3v) is 3.30. The Labute approximate surface area is 128 Å². The number of anilines is 1. The van der Waals surface area contributed by atoms with Gasteiger partial charge >= 0.3 is 5.97 Å². The minimum absolute atomic E-state index is 0.163.